The van der Waals surface area contributed by atoms with Gasteiger partial charge in [0.15, 0.2) is 24.7 Å². The van der Waals surface area contributed by atoms with E-state index in [1.54, 1.807) is 0 Å². The molecule has 18 nitrogen and oxygen atoms in total. The van der Waals surface area contributed by atoms with E-state index in [0.717, 1.165) is 58.0 Å². The molecule has 63 heavy (non-hydrogen) atoms. The van der Waals surface area contributed by atoms with Crippen molar-refractivity contribution < 1.29 is 89.0 Å². The predicted molar refractivity (Wildman–Crippen MR) is 216 cm³/mol. The smallest absolute Gasteiger partial charge is 0.187 e. The summed E-state index contributed by atoms with van der Waals surface area (Å²) in [5.41, 5.74) is 0.261. The zero-order valence-corrected chi connectivity index (χ0v) is 37.0. The molecular formula is C45H74O18. The molecule has 0 aromatic rings. The minimum absolute atomic E-state index is 0.0658. The summed E-state index contributed by atoms with van der Waals surface area (Å²) >= 11 is 0. The zero-order chi connectivity index (χ0) is 44.9. The standard InChI is InChI=1S/C45H74O18/c1-19-7-12-45(56-18-19)20(2)30-26(63-45)14-25-23-6-5-21-13-22(8-10-43(21,3)24(23)9-11-44(25,30)4)57-42-39(62-41-37(55)35(53)32(50)28(16-47)59-41)38(33(51)29(17-48)60-42)61-40-36(54)34(52)31(49)27(15-46)58-40/h19-42,46-55H,5-18H2,1-4H3/t19?,20-,21+,22-,23+,24-,25-,26-,27+,28+,29+,30-,31+,32+,33-,34-,35-,36+,37+,38-,39+,40-,41-,42+,43-,44-,45+/m0/s1. The first-order valence-electron chi connectivity index (χ1n) is 23.8. The van der Waals surface area contributed by atoms with E-state index in [9.17, 15) is 51.1 Å². The molecule has 27 atom stereocenters. The molecule has 0 amide bonds. The second-order valence-electron chi connectivity index (χ2n) is 21.5. The Hall–Kier alpha value is -0.720. The first-order valence-corrected chi connectivity index (χ1v) is 23.8. The fourth-order valence-electron chi connectivity index (χ4n) is 14.7. The van der Waals surface area contributed by atoms with E-state index < -0.39 is 118 Å². The SMILES string of the molecule is CC1CC[C@@]2(OC1)O[C@H]1C[C@H]3[C@@H]4CC[C@@H]5C[C@@H](O[C@@H]6O[C@H](CO)[C@H](O)[C@H](O[C@@H]7O[C@H](CO)[C@@H](O)[C@H](O)[C@H]7O)[C@H]6O[C@@H]6O[C@H](CO)[C@@H](O)[C@H](O)[C@H]6O)CC[C@]5(C)[C@H]4CC[C@]3(C)[C@H]1[C@@H]2C. The maximum atomic E-state index is 11.6. The number of aliphatic hydroxyl groups is 10. The molecule has 0 bridgehead atoms. The molecule has 5 aliphatic heterocycles. The second kappa shape index (κ2) is 18.0. The highest BCUT2D eigenvalue weighted by atomic mass is 16.8. The van der Waals surface area contributed by atoms with E-state index in [2.05, 4.69) is 27.7 Å². The Kier molecular flexibility index (Phi) is 13.5. The molecule has 18 heteroatoms. The van der Waals surface area contributed by atoms with Crippen molar-refractivity contribution in [2.45, 2.75) is 202 Å². The lowest BCUT2D eigenvalue weighted by Crippen LogP contribution is -2.67. The lowest BCUT2D eigenvalue weighted by Gasteiger charge is -2.61. The van der Waals surface area contributed by atoms with Crippen molar-refractivity contribution in [1.82, 2.24) is 0 Å². The van der Waals surface area contributed by atoms with E-state index >= 15 is 0 Å². The highest BCUT2D eigenvalue weighted by Gasteiger charge is 2.69. The Morgan fingerprint density at radius 2 is 1.14 bits per heavy atom. The van der Waals surface area contributed by atoms with Crippen LogP contribution in [0.2, 0.25) is 0 Å². The van der Waals surface area contributed by atoms with Crippen LogP contribution in [0.3, 0.4) is 0 Å². The minimum Gasteiger partial charge on any atom is -0.394 e. The molecule has 9 rings (SSSR count). The molecule has 0 aromatic heterocycles. The quantitative estimate of drug-likeness (QED) is 0.128. The van der Waals surface area contributed by atoms with Crippen molar-refractivity contribution in [3.05, 3.63) is 0 Å². The summed E-state index contributed by atoms with van der Waals surface area (Å²) in [6, 6.07) is 0. The maximum Gasteiger partial charge on any atom is 0.187 e. The van der Waals surface area contributed by atoms with E-state index in [1.807, 2.05) is 0 Å². The molecule has 5 heterocycles. The van der Waals surface area contributed by atoms with Crippen LogP contribution in [0, 0.1) is 52.3 Å². The number of hydrogen-bond donors (Lipinski definition) is 10. The Morgan fingerprint density at radius 1 is 0.556 bits per heavy atom. The molecule has 1 unspecified atom stereocenters. The molecule has 0 aromatic carbocycles. The van der Waals surface area contributed by atoms with Crippen molar-refractivity contribution in [3.8, 4) is 0 Å². The monoisotopic (exact) mass is 902 g/mol. The number of aliphatic hydroxyl groups excluding tert-OH is 10. The zero-order valence-electron chi connectivity index (χ0n) is 37.0. The fourth-order valence-corrected chi connectivity index (χ4v) is 14.7. The highest BCUT2D eigenvalue weighted by molar-refractivity contribution is 5.15. The van der Waals surface area contributed by atoms with Gasteiger partial charge < -0.3 is 89.0 Å². The molecular weight excluding hydrogens is 828 g/mol. The van der Waals surface area contributed by atoms with Gasteiger partial charge in [0, 0.05) is 12.3 Å². The summed E-state index contributed by atoms with van der Waals surface area (Å²) < 4.78 is 50.2. The highest BCUT2D eigenvalue weighted by Crippen LogP contribution is 2.71. The lowest BCUT2D eigenvalue weighted by atomic mass is 9.44. The molecule has 4 aliphatic carbocycles. The molecule has 4 saturated carbocycles. The average molecular weight is 903 g/mol. The van der Waals surface area contributed by atoms with E-state index in [4.69, 9.17) is 37.9 Å². The molecule has 0 radical (unpaired) electrons. The number of ether oxygens (including phenoxy) is 8. The number of rotatable bonds is 9. The van der Waals surface area contributed by atoms with E-state index in [0.29, 0.717) is 54.3 Å². The Bertz CT molecular complexity index is 1570. The van der Waals surface area contributed by atoms with Crippen LogP contribution < -0.4 is 0 Å². The average Bonchev–Trinajstić information content (AvgIpc) is 3.72. The number of hydrogen-bond acceptors (Lipinski definition) is 18. The maximum absolute atomic E-state index is 11.6. The van der Waals surface area contributed by atoms with Gasteiger partial charge in [-0.2, -0.15) is 0 Å². The molecule has 9 fully saturated rings. The van der Waals surface area contributed by atoms with Crippen LogP contribution in [0.4, 0.5) is 0 Å². The summed E-state index contributed by atoms with van der Waals surface area (Å²) in [6.45, 7) is 8.21. The van der Waals surface area contributed by atoms with Gasteiger partial charge in [0.2, 0.25) is 0 Å². The minimum atomic E-state index is -1.87. The Morgan fingerprint density at radius 3 is 1.75 bits per heavy atom. The summed E-state index contributed by atoms with van der Waals surface area (Å²) in [5.74, 6) is 2.99. The molecule has 5 saturated heterocycles. The van der Waals surface area contributed by atoms with Crippen molar-refractivity contribution >= 4 is 0 Å². The predicted octanol–water partition coefficient (Wildman–Crippen LogP) is -0.734. The number of fused-ring (bicyclic) bond motifs is 7. The van der Waals surface area contributed by atoms with Crippen molar-refractivity contribution in [1.29, 1.82) is 0 Å². The third-order valence-electron chi connectivity index (χ3n) is 18.3. The summed E-state index contributed by atoms with van der Waals surface area (Å²) in [6.07, 6.45) is -14.7. The van der Waals surface area contributed by atoms with Crippen LogP contribution in [0.1, 0.15) is 91.9 Å². The van der Waals surface area contributed by atoms with Gasteiger partial charge in [-0.15, -0.1) is 0 Å². The van der Waals surface area contributed by atoms with Crippen molar-refractivity contribution in [3.63, 3.8) is 0 Å². The molecule has 362 valence electrons. The van der Waals surface area contributed by atoms with Crippen LogP contribution in [0.25, 0.3) is 0 Å². The van der Waals surface area contributed by atoms with Gasteiger partial charge in [-0.1, -0.05) is 27.7 Å². The van der Waals surface area contributed by atoms with Crippen molar-refractivity contribution in [2.75, 3.05) is 26.4 Å². The molecule has 10 N–H and O–H groups in total. The summed E-state index contributed by atoms with van der Waals surface area (Å²) in [7, 11) is 0. The van der Waals surface area contributed by atoms with Gasteiger partial charge in [0.1, 0.15) is 73.2 Å². The molecule has 1 spiro atoms. The van der Waals surface area contributed by atoms with Gasteiger partial charge in [0.25, 0.3) is 0 Å². The van der Waals surface area contributed by atoms with Crippen molar-refractivity contribution in [2.24, 2.45) is 52.3 Å². The normalized spacial score (nSPS) is 58.2. The van der Waals surface area contributed by atoms with E-state index in [1.165, 1.54) is 0 Å². The first kappa shape index (κ1) is 47.4. The van der Waals surface area contributed by atoms with E-state index in [-0.39, 0.29) is 23.0 Å². The van der Waals surface area contributed by atoms with Gasteiger partial charge in [-0.3, -0.25) is 0 Å². The summed E-state index contributed by atoms with van der Waals surface area (Å²) in [4.78, 5) is 0. The van der Waals surface area contributed by atoms with Gasteiger partial charge in [-0.05, 0) is 104 Å². The van der Waals surface area contributed by atoms with Crippen LogP contribution in [-0.2, 0) is 37.9 Å². The topological polar surface area (TPSA) is 276 Å². The van der Waals surface area contributed by atoms with Crippen LogP contribution in [0.15, 0.2) is 0 Å². The summed E-state index contributed by atoms with van der Waals surface area (Å²) in [5, 5.41) is 106. The third-order valence-corrected chi connectivity index (χ3v) is 18.3. The van der Waals surface area contributed by atoms with Crippen LogP contribution >= 0.6 is 0 Å². The third kappa shape index (κ3) is 7.88. The Balaban J connectivity index is 0.925. The first-order chi connectivity index (χ1) is 30.0. The van der Waals surface area contributed by atoms with Gasteiger partial charge in [0.05, 0.1) is 38.6 Å². The van der Waals surface area contributed by atoms with Gasteiger partial charge in [-0.25, -0.2) is 0 Å². The molecule has 9 aliphatic rings. The van der Waals surface area contributed by atoms with Crippen LogP contribution in [0.5, 0.6) is 0 Å². The van der Waals surface area contributed by atoms with Gasteiger partial charge >= 0.3 is 0 Å². The second-order valence-corrected chi connectivity index (χ2v) is 21.5. The fraction of sp³-hybridized carbons (Fsp3) is 1.00. The Labute approximate surface area is 369 Å². The van der Waals surface area contributed by atoms with Crippen LogP contribution in [-0.4, -0.2) is 188 Å². The lowest BCUT2D eigenvalue weighted by molar-refractivity contribution is -0.396. The largest absolute Gasteiger partial charge is 0.394 e.